The van der Waals surface area contributed by atoms with Gasteiger partial charge in [0.25, 0.3) is 7.82 Å². The van der Waals surface area contributed by atoms with E-state index in [-0.39, 0.29) is 32.0 Å². The number of allylic oxidation sites excluding steroid dienone is 6. The van der Waals surface area contributed by atoms with Gasteiger partial charge in [-0.3, -0.25) is 14.2 Å². The first kappa shape index (κ1) is 88.2. The van der Waals surface area contributed by atoms with Crippen molar-refractivity contribution in [1.29, 1.82) is 0 Å². The van der Waals surface area contributed by atoms with Gasteiger partial charge in [-0.1, -0.05) is 384 Å². The fraction of sp³-hybridized carbons (Fsp3) is 0.900. The molecule has 0 aliphatic heterocycles. The van der Waals surface area contributed by atoms with Gasteiger partial charge in [-0.25, -0.2) is 0 Å². The predicted octanol–water partition coefficient (Wildman–Crippen LogP) is 25.5. The standard InChI is InChI=1S/C80H154NO8P/c1-6-8-10-12-14-16-18-20-22-24-26-28-30-32-33-34-35-36-37-38-39-40-41-42-43-44-45-46-47-49-51-53-55-57-59-61-63-65-67-69-71-73-80(83)89-78(77-88-90(84,85)87-75-74-81(3,4)5)76-86-79(82)72-70-68-66-64-62-60-58-56-54-52-50-48-31-29-27-25-23-21-19-17-15-13-11-9-7-2/h18,20,24,26,30,32,78H,6-17,19,21-23,25,27-29,31,33-77H2,1-5H3/b20-18-,26-24-,32-30-. The molecular weight excluding hydrogens is 1130 g/mol. The van der Waals surface area contributed by atoms with Crippen LogP contribution in [-0.4, -0.2) is 70.0 Å². The average molecular weight is 1290 g/mol. The van der Waals surface area contributed by atoms with Crippen LogP contribution in [0.2, 0.25) is 0 Å². The second-order valence-electron chi connectivity index (χ2n) is 28.4. The molecule has 0 rings (SSSR count). The Hall–Kier alpha value is -1.77. The van der Waals surface area contributed by atoms with Gasteiger partial charge in [-0.2, -0.15) is 0 Å². The molecule has 10 heteroatoms. The van der Waals surface area contributed by atoms with E-state index in [1.54, 1.807) is 0 Å². The summed E-state index contributed by atoms with van der Waals surface area (Å²) in [5.41, 5.74) is 0. The highest BCUT2D eigenvalue weighted by Crippen LogP contribution is 2.38. The van der Waals surface area contributed by atoms with Gasteiger partial charge < -0.3 is 27.9 Å². The number of unbranched alkanes of at least 4 members (excludes halogenated alkanes) is 55. The van der Waals surface area contributed by atoms with Crippen LogP contribution in [0, 0.1) is 0 Å². The lowest BCUT2D eigenvalue weighted by Gasteiger charge is -2.28. The summed E-state index contributed by atoms with van der Waals surface area (Å²) in [7, 11) is 1.19. The number of likely N-dealkylation sites (N-methyl/N-ethyl adjacent to an activating group) is 1. The molecule has 532 valence electrons. The van der Waals surface area contributed by atoms with E-state index in [0.29, 0.717) is 17.4 Å². The predicted molar refractivity (Wildman–Crippen MR) is 388 cm³/mol. The molecular formula is C80H154NO8P. The number of hydrogen-bond donors (Lipinski definition) is 0. The molecule has 2 atom stereocenters. The summed E-state index contributed by atoms with van der Waals surface area (Å²) < 4.78 is 34.4. The van der Waals surface area contributed by atoms with E-state index in [4.69, 9.17) is 18.5 Å². The fourth-order valence-corrected chi connectivity index (χ4v) is 12.8. The molecule has 0 fully saturated rings. The van der Waals surface area contributed by atoms with Gasteiger partial charge >= 0.3 is 11.9 Å². The van der Waals surface area contributed by atoms with Crippen molar-refractivity contribution in [2.24, 2.45) is 0 Å². The summed E-state index contributed by atoms with van der Waals surface area (Å²) >= 11 is 0. The van der Waals surface area contributed by atoms with Gasteiger partial charge in [0.2, 0.25) is 0 Å². The summed E-state index contributed by atoms with van der Waals surface area (Å²) in [6, 6.07) is 0. The third-order valence-electron chi connectivity index (χ3n) is 18.2. The number of phosphoric ester groups is 1. The quantitative estimate of drug-likeness (QED) is 0.0195. The Labute approximate surface area is 561 Å². The van der Waals surface area contributed by atoms with E-state index < -0.39 is 26.5 Å². The average Bonchev–Trinajstić information content (AvgIpc) is 3.62. The largest absolute Gasteiger partial charge is 0.756 e. The first-order chi connectivity index (χ1) is 44.0. The lowest BCUT2D eigenvalue weighted by atomic mass is 10.0. The van der Waals surface area contributed by atoms with E-state index in [0.717, 1.165) is 44.9 Å². The second kappa shape index (κ2) is 71.5. The Morgan fingerprint density at radius 1 is 0.344 bits per heavy atom. The van der Waals surface area contributed by atoms with Gasteiger partial charge in [-0.05, 0) is 51.4 Å². The molecule has 0 saturated carbocycles. The van der Waals surface area contributed by atoms with Crippen LogP contribution in [0.4, 0.5) is 0 Å². The number of hydrogen-bond acceptors (Lipinski definition) is 8. The van der Waals surface area contributed by atoms with Crippen LogP contribution in [0.25, 0.3) is 0 Å². The highest BCUT2D eigenvalue weighted by molar-refractivity contribution is 7.45. The van der Waals surface area contributed by atoms with Gasteiger partial charge in [0.15, 0.2) is 6.10 Å². The van der Waals surface area contributed by atoms with E-state index in [1.165, 1.54) is 334 Å². The number of carbonyl (C=O) groups excluding carboxylic acids is 2. The zero-order valence-electron chi connectivity index (χ0n) is 60.9. The van der Waals surface area contributed by atoms with Crippen molar-refractivity contribution in [2.75, 3.05) is 47.5 Å². The second-order valence-corrected chi connectivity index (χ2v) is 29.9. The van der Waals surface area contributed by atoms with Gasteiger partial charge in [0, 0.05) is 12.8 Å². The van der Waals surface area contributed by atoms with Crippen LogP contribution in [0.3, 0.4) is 0 Å². The maximum Gasteiger partial charge on any atom is 0.306 e. The van der Waals surface area contributed by atoms with Crippen LogP contribution in [0.5, 0.6) is 0 Å². The number of carbonyl (C=O) groups is 2. The van der Waals surface area contributed by atoms with Crippen LogP contribution in [-0.2, 0) is 32.7 Å². The molecule has 0 aliphatic carbocycles. The number of ether oxygens (including phenoxy) is 2. The molecule has 2 unspecified atom stereocenters. The zero-order valence-corrected chi connectivity index (χ0v) is 61.8. The fourth-order valence-electron chi connectivity index (χ4n) is 12.1. The minimum absolute atomic E-state index is 0.0265. The normalized spacial score (nSPS) is 13.2. The molecule has 0 amide bonds. The Morgan fingerprint density at radius 3 is 0.889 bits per heavy atom. The number of rotatable bonds is 75. The number of phosphoric acid groups is 1. The minimum atomic E-state index is -4.64. The first-order valence-electron chi connectivity index (χ1n) is 39.7. The Morgan fingerprint density at radius 2 is 0.600 bits per heavy atom. The highest BCUT2D eigenvalue weighted by atomic mass is 31.2. The molecule has 0 bridgehead atoms. The molecule has 0 aromatic carbocycles. The van der Waals surface area contributed by atoms with Crippen molar-refractivity contribution in [1.82, 2.24) is 0 Å². The molecule has 9 nitrogen and oxygen atoms in total. The minimum Gasteiger partial charge on any atom is -0.756 e. The van der Waals surface area contributed by atoms with Crippen molar-refractivity contribution < 1.29 is 42.1 Å². The highest BCUT2D eigenvalue weighted by Gasteiger charge is 2.22. The third kappa shape index (κ3) is 75.3. The molecule has 0 saturated heterocycles. The summed E-state index contributed by atoms with van der Waals surface area (Å²) in [6.45, 7) is 4.31. The number of quaternary nitrogens is 1. The molecule has 0 spiro atoms. The van der Waals surface area contributed by atoms with E-state index >= 15 is 0 Å². The van der Waals surface area contributed by atoms with Crippen LogP contribution in [0.15, 0.2) is 36.5 Å². The molecule has 0 heterocycles. The monoisotopic (exact) mass is 1290 g/mol. The molecule has 0 aliphatic rings. The SMILES string of the molecule is CCCCCCC/C=C\C/C=C\C/C=C\CCCCCCCCCCCCCCCCCCCCCCCCCCCCC(=O)OC(COC(=O)CCCCCCCCCCCCCCCCCCCCCCCCCCC)COP(=O)([O-])OCC[N+](C)(C)C. The topological polar surface area (TPSA) is 111 Å². The van der Waals surface area contributed by atoms with Gasteiger partial charge in [0.05, 0.1) is 27.7 Å². The Bertz CT molecular complexity index is 1610. The lowest BCUT2D eigenvalue weighted by molar-refractivity contribution is -0.870. The van der Waals surface area contributed by atoms with Crippen molar-refractivity contribution in [3.8, 4) is 0 Å². The summed E-state index contributed by atoms with van der Waals surface area (Å²) in [6.07, 6.45) is 92.7. The van der Waals surface area contributed by atoms with Gasteiger partial charge in [0.1, 0.15) is 19.8 Å². The van der Waals surface area contributed by atoms with Crippen molar-refractivity contribution in [3.63, 3.8) is 0 Å². The summed E-state index contributed by atoms with van der Waals surface area (Å²) in [5, 5.41) is 0. The molecule has 0 aromatic rings. The number of esters is 2. The number of nitrogens with zero attached hydrogens (tertiary/aromatic N) is 1. The molecule has 90 heavy (non-hydrogen) atoms. The van der Waals surface area contributed by atoms with Crippen molar-refractivity contribution >= 4 is 19.8 Å². The third-order valence-corrected chi connectivity index (χ3v) is 19.1. The van der Waals surface area contributed by atoms with Crippen LogP contribution in [0.1, 0.15) is 412 Å². The summed E-state index contributed by atoms with van der Waals surface area (Å²) in [4.78, 5) is 38.1. The first-order valence-corrected chi connectivity index (χ1v) is 41.2. The van der Waals surface area contributed by atoms with E-state index in [2.05, 4.69) is 50.3 Å². The summed E-state index contributed by atoms with van der Waals surface area (Å²) in [5.74, 6) is -0.806. The van der Waals surface area contributed by atoms with E-state index in [1.807, 2.05) is 21.1 Å². The zero-order chi connectivity index (χ0) is 65.5. The smallest absolute Gasteiger partial charge is 0.306 e. The Balaban J connectivity index is 3.88. The maximum atomic E-state index is 12.9. The lowest BCUT2D eigenvalue weighted by Crippen LogP contribution is -2.37. The molecule has 0 aromatic heterocycles. The Kier molecular flexibility index (Phi) is 70.1. The van der Waals surface area contributed by atoms with Gasteiger partial charge in [-0.15, -0.1) is 0 Å². The van der Waals surface area contributed by atoms with E-state index in [9.17, 15) is 19.0 Å². The van der Waals surface area contributed by atoms with Crippen molar-refractivity contribution in [3.05, 3.63) is 36.5 Å². The maximum absolute atomic E-state index is 12.9. The molecule has 0 N–H and O–H groups in total. The van der Waals surface area contributed by atoms with Crippen LogP contribution >= 0.6 is 7.82 Å². The van der Waals surface area contributed by atoms with Crippen molar-refractivity contribution in [2.45, 2.75) is 418 Å². The van der Waals surface area contributed by atoms with Crippen LogP contribution < -0.4 is 4.89 Å². The molecule has 0 radical (unpaired) electrons.